The van der Waals surface area contributed by atoms with Gasteiger partial charge in [0.05, 0.1) is 12.9 Å². The molecule has 0 aliphatic carbocycles. The molecule has 0 saturated carbocycles. The summed E-state index contributed by atoms with van der Waals surface area (Å²) in [6, 6.07) is 15.7. The molecule has 3 aromatic rings. The standard InChI is InChI=1S/C24H28N4O2S/c1-4-6-7-18-8-12-20(13-9-18)25-22(29)17-31-24-27-26-23(28(24)16-5-2)19-10-14-21(30-3)15-11-19/h5,8-15H,2,4,6-7,16-17H2,1,3H3,(H,25,29). The van der Waals surface area contributed by atoms with E-state index in [4.69, 9.17) is 4.74 Å². The minimum Gasteiger partial charge on any atom is -0.497 e. The lowest BCUT2D eigenvalue weighted by atomic mass is 10.1. The summed E-state index contributed by atoms with van der Waals surface area (Å²) >= 11 is 1.36. The van der Waals surface area contributed by atoms with E-state index in [2.05, 4.69) is 41.1 Å². The van der Waals surface area contributed by atoms with Crippen molar-refractivity contribution >= 4 is 23.4 Å². The van der Waals surface area contributed by atoms with Crippen LogP contribution in [-0.4, -0.2) is 33.5 Å². The fraction of sp³-hybridized carbons (Fsp3) is 0.292. The van der Waals surface area contributed by atoms with Gasteiger partial charge in [-0.05, 0) is 54.8 Å². The first-order valence-electron chi connectivity index (χ1n) is 10.3. The Morgan fingerprint density at radius 1 is 1.16 bits per heavy atom. The number of hydrogen-bond acceptors (Lipinski definition) is 5. The van der Waals surface area contributed by atoms with Crippen LogP contribution in [0.15, 0.2) is 66.3 Å². The zero-order valence-electron chi connectivity index (χ0n) is 18.0. The van der Waals surface area contributed by atoms with Gasteiger partial charge in [-0.25, -0.2) is 0 Å². The van der Waals surface area contributed by atoms with Crippen LogP contribution in [0.4, 0.5) is 5.69 Å². The Bertz CT molecular complexity index is 997. The Morgan fingerprint density at radius 3 is 2.55 bits per heavy atom. The summed E-state index contributed by atoms with van der Waals surface area (Å²) < 4.78 is 7.17. The van der Waals surface area contributed by atoms with Gasteiger partial charge in [-0.3, -0.25) is 9.36 Å². The quantitative estimate of drug-likeness (QED) is 0.330. The molecule has 0 atom stereocenters. The number of carbonyl (C=O) groups is 1. The molecule has 0 saturated heterocycles. The monoisotopic (exact) mass is 436 g/mol. The molecule has 3 rings (SSSR count). The molecule has 0 bridgehead atoms. The molecule has 0 aliphatic rings. The summed E-state index contributed by atoms with van der Waals surface area (Å²) in [6.07, 6.45) is 5.20. The van der Waals surface area contributed by atoms with Gasteiger partial charge < -0.3 is 10.1 Å². The summed E-state index contributed by atoms with van der Waals surface area (Å²) in [5, 5.41) is 12.2. The number of aryl methyl sites for hydroxylation is 1. The summed E-state index contributed by atoms with van der Waals surface area (Å²) in [7, 11) is 1.63. The highest BCUT2D eigenvalue weighted by Crippen LogP contribution is 2.26. The predicted octanol–water partition coefficient (Wildman–Crippen LogP) is 5.21. The smallest absolute Gasteiger partial charge is 0.234 e. The predicted molar refractivity (Wildman–Crippen MR) is 127 cm³/mol. The van der Waals surface area contributed by atoms with Crippen LogP contribution in [0, 0.1) is 0 Å². The number of unbranched alkanes of at least 4 members (excludes halogenated alkanes) is 1. The minimum absolute atomic E-state index is 0.0783. The van der Waals surface area contributed by atoms with Crippen molar-refractivity contribution in [2.75, 3.05) is 18.2 Å². The van der Waals surface area contributed by atoms with Crippen molar-refractivity contribution < 1.29 is 9.53 Å². The van der Waals surface area contributed by atoms with Crippen molar-refractivity contribution in [3.63, 3.8) is 0 Å². The third-order valence-corrected chi connectivity index (χ3v) is 5.73. The molecular weight excluding hydrogens is 408 g/mol. The second-order valence-electron chi connectivity index (χ2n) is 7.07. The Balaban J connectivity index is 1.63. The zero-order valence-corrected chi connectivity index (χ0v) is 18.8. The van der Waals surface area contributed by atoms with Crippen LogP contribution in [0.5, 0.6) is 5.75 Å². The molecule has 0 unspecified atom stereocenters. The number of rotatable bonds is 11. The largest absolute Gasteiger partial charge is 0.497 e. The van der Waals surface area contributed by atoms with Crippen molar-refractivity contribution in [3.05, 3.63) is 66.7 Å². The molecule has 0 aliphatic heterocycles. The number of benzene rings is 2. The van der Waals surface area contributed by atoms with Crippen LogP contribution in [0.2, 0.25) is 0 Å². The zero-order chi connectivity index (χ0) is 22.1. The highest BCUT2D eigenvalue weighted by molar-refractivity contribution is 7.99. The first kappa shape index (κ1) is 22.6. The van der Waals surface area contributed by atoms with Crippen LogP contribution < -0.4 is 10.1 Å². The normalized spacial score (nSPS) is 10.6. The van der Waals surface area contributed by atoms with E-state index in [-0.39, 0.29) is 11.7 Å². The van der Waals surface area contributed by atoms with Crippen LogP contribution in [-0.2, 0) is 17.8 Å². The number of aromatic nitrogens is 3. The summed E-state index contributed by atoms with van der Waals surface area (Å²) in [5.41, 5.74) is 3.02. The lowest BCUT2D eigenvalue weighted by Crippen LogP contribution is -2.14. The molecule has 1 aromatic heterocycles. The van der Waals surface area contributed by atoms with E-state index in [0.717, 1.165) is 29.2 Å². The van der Waals surface area contributed by atoms with Gasteiger partial charge in [0.1, 0.15) is 5.75 Å². The molecule has 6 nitrogen and oxygen atoms in total. The molecule has 0 spiro atoms. The maximum atomic E-state index is 12.4. The number of ether oxygens (including phenoxy) is 1. The number of allylic oxidation sites excluding steroid dienone is 1. The molecule has 1 heterocycles. The number of nitrogens with zero attached hydrogens (tertiary/aromatic N) is 3. The second kappa shape index (κ2) is 11.4. The molecule has 1 amide bonds. The Kier molecular flexibility index (Phi) is 8.29. The molecule has 2 aromatic carbocycles. The SMILES string of the molecule is C=CCn1c(SCC(=O)Nc2ccc(CCCC)cc2)nnc1-c1ccc(OC)cc1. The number of carbonyl (C=O) groups excluding carboxylic acids is 1. The molecule has 162 valence electrons. The van der Waals surface area contributed by atoms with E-state index >= 15 is 0 Å². The Hall–Kier alpha value is -3.06. The molecule has 31 heavy (non-hydrogen) atoms. The van der Waals surface area contributed by atoms with Crippen molar-refractivity contribution in [3.8, 4) is 17.1 Å². The number of thioether (sulfide) groups is 1. The first-order chi connectivity index (χ1) is 15.1. The van der Waals surface area contributed by atoms with Crippen LogP contribution in [0.1, 0.15) is 25.3 Å². The number of hydrogen-bond donors (Lipinski definition) is 1. The van der Waals surface area contributed by atoms with Gasteiger partial charge in [-0.2, -0.15) is 0 Å². The second-order valence-corrected chi connectivity index (χ2v) is 8.01. The van der Waals surface area contributed by atoms with Crippen LogP contribution in [0.25, 0.3) is 11.4 Å². The molecule has 0 fully saturated rings. The van der Waals surface area contributed by atoms with Gasteiger partial charge in [0.15, 0.2) is 11.0 Å². The highest BCUT2D eigenvalue weighted by atomic mass is 32.2. The topological polar surface area (TPSA) is 69.0 Å². The maximum Gasteiger partial charge on any atom is 0.234 e. The van der Waals surface area contributed by atoms with E-state index in [1.165, 1.54) is 30.2 Å². The van der Waals surface area contributed by atoms with Gasteiger partial charge in [0, 0.05) is 17.8 Å². The molecule has 7 heteroatoms. The fourth-order valence-electron chi connectivity index (χ4n) is 3.11. The summed E-state index contributed by atoms with van der Waals surface area (Å²) in [4.78, 5) is 12.4. The molecule has 1 N–H and O–H groups in total. The van der Waals surface area contributed by atoms with Gasteiger partial charge >= 0.3 is 0 Å². The van der Waals surface area contributed by atoms with Gasteiger partial charge in [-0.1, -0.05) is 43.3 Å². The van der Waals surface area contributed by atoms with E-state index in [9.17, 15) is 4.79 Å². The van der Waals surface area contributed by atoms with E-state index in [0.29, 0.717) is 11.7 Å². The van der Waals surface area contributed by atoms with Crippen LogP contribution >= 0.6 is 11.8 Å². The number of nitrogens with one attached hydrogen (secondary N) is 1. The average Bonchev–Trinajstić information content (AvgIpc) is 3.20. The van der Waals surface area contributed by atoms with E-state index in [1.807, 2.05) is 41.0 Å². The third-order valence-electron chi connectivity index (χ3n) is 4.77. The fourth-order valence-corrected chi connectivity index (χ4v) is 3.85. The molecular formula is C24H28N4O2S. The average molecular weight is 437 g/mol. The summed E-state index contributed by atoms with van der Waals surface area (Å²) in [6.45, 7) is 6.57. The lowest BCUT2D eigenvalue weighted by molar-refractivity contribution is -0.113. The van der Waals surface area contributed by atoms with Crippen molar-refractivity contribution in [1.82, 2.24) is 14.8 Å². The third kappa shape index (κ3) is 6.21. The number of methoxy groups -OCH3 is 1. The van der Waals surface area contributed by atoms with E-state index < -0.39 is 0 Å². The minimum atomic E-state index is -0.0783. The van der Waals surface area contributed by atoms with Gasteiger partial charge in [0.2, 0.25) is 5.91 Å². The summed E-state index contributed by atoms with van der Waals surface area (Å²) in [5.74, 6) is 1.68. The van der Waals surface area contributed by atoms with Gasteiger partial charge in [-0.15, -0.1) is 16.8 Å². The van der Waals surface area contributed by atoms with Crippen molar-refractivity contribution in [2.45, 2.75) is 37.9 Å². The molecule has 0 radical (unpaired) electrons. The maximum absolute atomic E-state index is 12.4. The number of anilines is 1. The Labute approximate surface area is 187 Å². The number of amides is 1. The van der Waals surface area contributed by atoms with E-state index in [1.54, 1.807) is 13.2 Å². The van der Waals surface area contributed by atoms with Gasteiger partial charge in [0.25, 0.3) is 0 Å². The van der Waals surface area contributed by atoms with Crippen LogP contribution in [0.3, 0.4) is 0 Å². The highest BCUT2D eigenvalue weighted by Gasteiger charge is 2.15. The first-order valence-corrected chi connectivity index (χ1v) is 11.3. The van der Waals surface area contributed by atoms with Crippen molar-refractivity contribution in [2.24, 2.45) is 0 Å². The Morgan fingerprint density at radius 2 is 1.90 bits per heavy atom. The lowest BCUT2D eigenvalue weighted by Gasteiger charge is -2.09. The van der Waals surface area contributed by atoms with Crippen molar-refractivity contribution in [1.29, 1.82) is 0 Å².